The van der Waals surface area contributed by atoms with E-state index in [-0.39, 0.29) is 21.7 Å². The monoisotopic (exact) mass is 869 g/mol. The topological polar surface area (TPSA) is 203 Å². The van der Waals surface area contributed by atoms with Gasteiger partial charge in [0, 0.05) is 81.3 Å². The second-order valence-electron chi connectivity index (χ2n) is 12.2. The molecule has 0 radical (unpaired) electrons. The van der Waals surface area contributed by atoms with Crippen molar-refractivity contribution in [1.29, 1.82) is 0 Å². The Balaban J connectivity index is -0.000000210. The van der Waals surface area contributed by atoms with Crippen molar-refractivity contribution < 1.29 is 99.0 Å². The van der Waals surface area contributed by atoms with Crippen molar-refractivity contribution in [1.82, 2.24) is 0 Å². The number of hydrogen-bond acceptors (Lipinski definition) is 16. The van der Waals surface area contributed by atoms with Crippen LogP contribution in [-0.2, 0) is 78.6 Å². The third-order valence-corrected chi connectivity index (χ3v) is 6.77. The molecule has 0 aliphatic carbocycles. The van der Waals surface area contributed by atoms with Crippen LogP contribution in [0.5, 0.6) is 0 Å². The summed E-state index contributed by atoms with van der Waals surface area (Å²) in [6, 6.07) is 0. The van der Waals surface area contributed by atoms with Crippen molar-refractivity contribution in [3.8, 4) is 0 Å². The van der Waals surface area contributed by atoms with E-state index in [1.807, 2.05) is 27.7 Å². The van der Waals surface area contributed by atoms with Crippen molar-refractivity contribution in [2.45, 2.75) is 130 Å². The van der Waals surface area contributed by atoms with Gasteiger partial charge in [-0.15, -0.1) is 0 Å². The van der Waals surface area contributed by atoms with Gasteiger partial charge in [-0.05, 0) is 76.5 Å². The summed E-state index contributed by atoms with van der Waals surface area (Å²) < 4.78 is 60.2. The van der Waals surface area contributed by atoms with Crippen molar-refractivity contribution >= 4 is 0 Å². The Kier molecular flexibility index (Phi) is 72.8. The zero-order valence-corrected chi connectivity index (χ0v) is 38.7. The third kappa shape index (κ3) is 70.9. The van der Waals surface area contributed by atoms with E-state index in [1.165, 1.54) is 0 Å². The number of ether oxygens (including phenoxy) is 12. The second kappa shape index (κ2) is 62.7. The molecule has 4 unspecified atom stereocenters. The maximum atomic E-state index is 11.0. The molecule has 16 nitrogen and oxygen atoms in total. The Hall–Kier alpha value is 0.0743. The molecule has 0 aromatic carbocycles. The molecule has 0 heterocycles. The fourth-order valence-electron chi connectivity index (χ4n) is 3.76. The van der Waals surface area contributed by atoms with Crippen molar-refractivity contribution in [2.75, 3.05) is 134 Å². The van der Waals surface area contributed by atoms with Crippen LogP contribution in [0.1, 0.15) is 105 Å². The average molecular weight is 869 g/mol. The quantitative estimate of drug-likeness (QED) is 0.0492. The molecule has 0 bridgehead atoms. The van der Waals surface area contributed by atoms with Crippen molar-refractivity contribution in [3.05, 3.63) is 0 Å². The number of hydrogen-bond donors (Lipinski definition) is 0. The molecular weight excluding hydrogens is 784 g/mol. The first-order valence-electron chi connectivity index (χ1n) is 20.6. The minimum Gasteiger partial charge on any atom is -0.831 e. The van der Waals surface area contributed by atoms with Crippen LogP contribution in [0.3, 0.4) is 0 Å². The van der Waals surface area contributed by atoms with E-state index in [0.717, 1.165) is 51.4 Å². The normalized spacial score (nSPS) is 12.8. The van der Waals surface area contributed by atoms with Gasteiger partial charge >= 0.3 is 21.7 Å². The number of methoxy groups -OCH3 is 4. The van der Waals surface area contributed by atoms with Crippen LogP contribution in [0.15, 0.2) is 0 Å². The zero-order valence-electron chi connectivity index (χ0n) is 37.1. The van der Waals surface area contributed by atoms with E-state index >= 15 is 0 Å². The van der Waals surface area contributed by atoms with Crippen LogP contribution in [-0.4, -0.2) is 159 Å². The molecule has 344 valence electrons. The Morgan fingerprint density at radius 3 is 0.649 bits per heavy atom. The molecule has 0 aliphatic rings. The Bertz CT molecular complexity index is 544. The largest absolute Gasteiger partial charge is 4.00 e. The predicted octanol–water partition coefficient (Wildman–Crippen LogP) is 2.17. The van der Waals surface area contributed by atoms with E-state index in [2.05, 4.69) is 0 Å². The first-order valence-corrected chi connectivity index (χ1v) is 20.6. The van der Waals surface area contributed by atoms with Crippen LogP contribution < -0.4 is 20.4 Å². The summed E-state index contributed by atoms with van der Waals surface area (Å²) in [7, 11) is 6.55. The molecule has 0 N–H and O–H groups in total. The first kappa shape index (κ1) is 66.2. The van der Waals surface area contributed by atoms with Crippen molar-refractivity contribution in [3.63, 3.8) is 0 Å². The molecule has 0 aromatic heterocycles. The minimum atomic E-state index is -0.862. The Morgan fingerprint density at radius 1 is 0.298 bits per heavy atom. The van der Waals surface area contributed by atoms with E-state index in [4.69, 9.17) is 56.8 Å². The van der Waals surface area contributed by atoms with Gasteiger partial charge in [0.1, 0.15) is 0 Å². The number of rotatable bonds is 40. The van der Waals surface area contributed by atoms with Gasteiger partial charge in [0.2, 0.25) is 0 Å². The standard InChI is InChI=1S/4C10H21O4.Ti/c4*1-3-5-10(11)14-7-4-6-13-9-8-12-2;/h4*10H,3-9H2,1-2H3;/q4*-1;+4. The predicted molar refractivity (Wildman–Crippen MR) is 208 cm³/mol. The molecule has 0 amide bonds. The Labute approximate surface area is 362 Å². The van der Waals surface area contributed by atoms with E-state index in [0.29, 0.717) is 131 Å². The van der Waals surface area contributed by atoms with Crippen molar-refractivity contribution in [2.24, 2.45) is 0 Å². The van der Waals surface area contributed by atoms with Crippen LogP contribution in [0.4, 0.5) is 0 Å². The van der Waals surface area contributed by atoms with Crippen LogP contribution in [0.2, 0.25) is 0 Å². The average Bonchev–Trinajstić information content (AvgIpc) is 3.18. The molecule has 0 fully saturated rings. The van der Waals surface area contributed by atoms with Gasteiger partial charge in [-0.25, -0.2) is 0 Å². The molecule has 0 spiro atoms. The van der Waals surface area contributed by atoms with Gasteiger partial charge < -0.3 is 77.3 Å². The zero-order chi connectivity index (χ0) is 42.6. The SMILES string of the molecule is CCCC([O-])OCCCOCCOC.CCCC([O-])OCCCOCCOC.CCCC([O-])OCCCOCCOC.CCCC([O-])OCCCOCCOC.[Ti+4]. The molecule has 0 saturated heterocycles. The summed E-state index contributed by atoms with van der Waals surface area (Å²) in [6.07, 6.45) is 5.48. The molecule has 17 heteroatoms. The summed E-state index contributed by atoms with van der Waals surface area (Å²) in [5, 5.41) is 43.9. The fraction of sp³-hybridized carbons (Fsp3) is 1.00. The van der Waals surface area contributed by atoms with E-state index in [1.54, 1.807) is 28.4 Å². The summed E-state index contributed by atoms with van der Waals surface area (Å²) in [5.41, 5.74) is 0. The molecule has 0 aromatic rings. The van der Waals surface area contributed by atoms with E-state index in [9.17, 15) is 20.4 Å². The summed E-state index contributed by atoms with van der Waals surface area (Å²) in [6.45, 7) is 17.2. The van der Waals surface area contributed by atoms with Crippen LogP contribution in [0.25, 0.3) is 0 Å². The second-order valence-corrected chi connectivity index (χ2v) is 12.2. The smallest absolute Gasteiger partial charge is 0.831 e. The molecule has 0 saturated carbocycles. The first-order chi connectivity index (χ1) is 27.2. The summed E-state index contributed by atoms with van der Waals surface area (Å²) in [4.78, 5) is 0. The third-order valence-electron chi connectivity index (χ3n) is 6.77. The van der Waals surface area contributed by atoms with Gasteiger partial charge in [-0.2, -0.15) is 0 Å². The van der Waals surface area contributed by atoms with Gasteiger partial charge in [-0.3, -0.25) is 0 Å². The maximum absolute atomic E-state index is 11.0. The summed E-state index contributed by atoms with van der Waals surface area (Å²) in [5.74, 6) is 0. The minimum absolute atomic E-state index is 0. The maximum Gasteiger partial charge on any atom is 4.00 e. The van der Waals surface area contributed by atoms with Gasteiger partial charge in [0.15, 0.2) is 0 Å². The van der Waals surface area contributed by atoms with Gasteiger partial charge in [-0.1, -0.05) is 53.4 Å². The Morgan fingerprint density at radius 2 is 0.491 bits per heavy atom. The molecular formula is C40H84O16Ti. The van der Waals surface area contributed by atoms with Gasteiger partial charge in [0.25, 0.3) is 0 Å². The molecule has 0 aliphatic heterocycles. The molecule has 57 heavy (non-hydrogen) atoms. The molecule has 0 rings (SSSR count). The van der Waals surface area contributed by atoms with E-state index < -0.39 is 25.2 Å². The van der Waals surface area contributed by atoms with Crippen LogP contribution >= 0.6 is 0 Å². The fourth-order valence-corrected chi connectivity index (χ4v) is 3.76. The molecule has 4 atom stereocenters. The summed E-state index contributed by atoms with van der Waals surface area (Å²) >= 11 is 0. The van der Waals surface area contributed by atoms with Gasteiger partial charge in [0.05, 0.1) is 52.9 Å². The van der Waals surface area contributed by atoms with Crippen LogP contribution in [0, 0.1) is 0 Å².